The predicted octanol–water partition coefficient (Wildman–Crippen LogP) is 3.32. The summed E-state index contributed by atoms with van der Waals surface area (Å²) < 4.78 is 0. The van der Waals surface area contributed by atoms with Gasteiger partial charge in [-0.3, -0.25) is 4.79 Å². The molecule has 1 aromatic carbocycles. The molecule has 0 aromatic heterocycles. The van der Waals surface area contributed by atoms with Gasteiger partial charge in [-0.05, 0) is 36.3 Å². The lowest BCUT2D eigenvalue weighted by atomic mass is 9.98. The first-order chi connectivity index (χ1) is 10.1. The van der Waals surface area contributed by atoms with E-state index in [9.17, 15) is 9.90 Å². The zero-order valence-electron chi connectivity index (χ0n) is 13.2. The molecule has 1 amide bonds. The Bertz CT molecular complexity index is 455. The number of carbonyl (C=O) groups excluding carboxylic acids is 1. The van der Waals surface area contributed by atoms with Crippen molar-refractivity contribution in [3.63, 3.8) is 0 Å². The van der Waals surface area contributed by atoms with Crippen LogP contribution in [-0.4, -0.2) is 29.0 Å². The van der Waals surface area contributed by atoms with Crippen molar-refractivity contribution in [1.82, 2.24) is 4.90 Å². The van der Waals surface area contributed by atoms with Crippen LogP contribution in [0.5, 0.6) is 0 Å². The molecule has 1 heterocycles. The predicted molar refractivity (Wildman–Crippen MR) is 85.0 cm³/mol. The second-order valence-corrected chi connectivity index (χ2v) is 6.05. The number of aryl methyl sites for hydroxylation is 1. The van der Waals surface area contributed by atoms with Gasteiger partial charge >= 0.3 is 0 Å². The highest BCUT2D eigenvalue weighted by Gasteiger charge is 2.23. The molecule has 2 atom stereocenters. The smallest absolute Gasteiger partial charge is 0.222 e. The minimum Gasteiger partial charge on any atom is -0.387 e. The molecule has 1 N–H and O–H groups in total. The van der Waals surface area contributed by atoms with Gasteiger partial charge in [0.15, 0.2) is 0 Å². The van der Waals surface area contributed by atoms with Crippen molar-refractivity contribution in [2.45, 2.75) is 52.1 Å². The van der Waals surface area contributed by atoms with E-state index in [2.05, 4.69) is 26.0 Å². The number of likely N-dealkylation sites (tertiary alicyclic amines) is 1. The summed E-state index contributed by atoms with van der Waals surface area (Å²) in [5.41, 5.74) is 2.17. The maximum Gasteiger partial charge on any atom is 0.222 e. The Morgan fingerprint density at radius 3 is 2.57 bits per heavy atom. The van der Waals surface area contributed by atoms with E-state index in [0.717, 1.165) is 37.8 Å². The number of hydrogen-bond acceptors (Lipinski definition) is 2. The minimum atomic E-state index is -0.585. The van der Waals surface area contributed by atoms with Crippen molar-refractivity contribution in [2.75, 3.05) is 13.1 Å². The first-order valence-electron chi connectivity index (χ1n) is 8.18. The zero-order chi connectivity index (χ0) is 15.2. The molecule has 3 heteroatoms. The lowest BCUT2D eigenvalue weighted by Crippen LogP contribution is -2.34. The van der Waals surface area contributed by atoms with E-state index < -0.39 is 6.10 Å². The molecule has 3 nitrogen and oxygen atoms in total. The second kappa shape index (κ2) is 7.60. The monoisotopic (exact) mass is 289 g/mol. The van der Waals surface area contributed by atoms with Gasteiger partial charge < -0.3 is 10.0 Å². The van der Waals surface area contributed by atoms with E-state index >= 15 is 0 Å². The molecule has 0 aliphatic carbocycles. The lowest BCUT2D eigenvalue weighted by molar-refractivity contribution is -0.132. The molecule has 0 radical (unpaired) electrons. The van der Waals surface area contributed by atoms with E-state index in [-0.39, 0.29) is 5.91 Å². The maximum atomic E-state index is 12.2. The molecule has 1 saturated heterocycles. The van der Waals surface area contributed by atoms with Gasteiger partial charge in [-0.25, -0.2) is 0 Å². The molecule has 116 valence electrons. The Balaban J connectivity index is 1.97. The molecule has 0 spiro atoms. The number of amides is 1. The number of aliphatic hydroxyl groups excluding tert-OH is 1. The van der Waals surface area contributed by atoms with E-state index in [0.29, 0.717) is 18.9 Å². The number of benzene rings is 1. The molecule has 21 heavy (non-hydrogen) atoms. The van der Waals surface area contributed by atoms with Crippen molar-refractivity contribution >= 4 is 5.91 Å². The highest BCUT2D eigenvalue weighted by molar-refractivity contribution is 5.76. The summed E-state index contributed by atoms with van der Waals surface area (Å²) in [6.07, 6.45) is 4.23. The van der Waals surface area contributed by atoms with Crippen molar-refractivity contribution in [3.8, 4) is 0 Å². The zero-order valence-corrected chi connectivity index (χ0v) is 13.2. The normalized spacial score (nSPS) is 21.2. The van der Waals surface area contributed by atoms with Crippen LogP contribution in [0.15, 0.2) is 24.3 Å². The van der Waals surface area contributed by atoms with Crippen molar-refractivity contribution in [2.24, 2.45) is 5.92 Å². The number of hydrogen-bond donors (Lipinski definition) is 1. The molecule has 1 aliphatic rings. The molecular weight excluding hydrogens is 262 g/mol. The van der Waals surface area contributed by atoms with Gasteiger partial charge in [0.25, 0.3) is 0 Å². The summed E-state index contributed by atoms with van der Waals surface area (Å²) in [6, 6.07) is 8.05. The first kappa shape index (κ1) is 16.0. The fourth-order valence-corrected chi connectivity index (χ4v) is 2.98. The summed E-state index contributed by atoms with van der Waals surface area (Å²) in [4.78, 5) is 14.0. The van der Waals surface area contributed by atoms with Gasteiger partial charge in [-0.2, -0.15) is 0 Å². The highest BCUT2D eigenvalue weighted by Crippen LogP contribution is 2.23. The summed E-state index contributed by atoms with van der Waals surface area (Å²) >= 11 is 0. The number of carbonyl (C=O) groups is 1. The Morgan fingerprint density at radius 2 is 1.95 bits per heavy atom. The highest BCUT2D eigenvalue weighted by atomic mass is 16.3. The van der Waals surface area contributed by atoms with Crippen LogP contribution in [0.4, 0.5) is 0 Å². The number of aliphatic hydroxyl groups is 1. The van der Waals surface area contributed by atoms with Crippen LogP contribution in [0, 0.1) is 5.92 Å². The largest absolute Gasteiger partial charge is 0.387 e. The van der Waals surface area contributed by atoms with E-state index in [1.807, 2.05) is 17.0 Å². The van der Waals surface area contributed by atoms with E-state index in [4.69, 9.17) is 0 Å². The fraction of sp³-hybridized carbons (Fsp3) is 0.611. The number of rotatable bonds is 5. The summed E-state index contributed by atoms with van der Waals surface area (Å²) in [5.74, 6) is 0.843. The Labute approximate surface area is 128 Å². The third-order valence-corrected chi connectivity index (χ3v) is 4.67. The summed E-state index contributed by atoms with van der Waals surface area (Å²) in [7, 11) is 0. The molecule has 0 saturated carbocycles. The van der Waals surface area contributed by atoms with Crippen LogP contribution >= 0.6 is 0 Å². The molecule has 1 aliphatic heterocycles. The van der Waals surface area contributed by atoms with Gasteiger partial charge in [-0.15, -0.1) is 0 Å². The van der Waals surface area contributed by atoms with Gasteiger partial charge in [0.05, 0.1) is 12.6 Å². The lowest BCUT2D eigenvalue weighted by Gasteiger charge is -2.24. The van der Waals surface area contributed by atoms with Crippen LogP contribution in [0.2, 0.25) is 0 Å². The van der Waals surface area contributed by atoms with Crippen LogP contribution in [0.3, 0.4) is 0 Å². The average Bonchev–Trinajstić information content (AvgIpc) is 2.70. The Morgan fingerprint density at radius 1 is 1.24 bits per heavy atom. The van der Waals surface area contributed by atoms with Crippen LogP contribution < -0.4 is 0 Å². The van der Waals surface area contributed by atoms with Gasteiger partial charge in [-0.1, -0.05) is 44.5 Å². The van der Waals surface area contributed by atoms with Crippen LogP contribution in [0.1, 0.15) is 56.8 Å². The summed E-state index contributed by atoms with van der Waals surface area (Å²) in [6.45, 7) is 5.50. The van der Waals surface area contributed by atoms with Crippen LogP contribution in [-0.2, 0) is 11.2 Å². The topological polar surface area (TPSA) is 40.5 Å². The van der Waals surface area contributed by atoms with Gasteiger partial charge in [0, 0.05) is 13.0 Å². The van der Waals surface area contributed by atoms with Crippen molar-refractivity contribution < 1.29 is 9.90 Å². The molecule has 1 fully saturated rings. The minimum absolute atomic E-state index is 0.190. The average molecular weight is 289 g/mol. The molecule has 1 aromatic rings. The number of β-amino-alcohol motifs (C(OH)–C–C–N with tert-alkyl or cyclic N) is 1. The third-order valence-electron chi connectivity index (χ3n) is 4.67. The Kier molecular flexibility index (Phi) is 5.80. The second-order valence-electron chi connectivity index (χ2n) is 6.05. The SMILES string of the molecule is CCc1ccc(C(O)CN2CCC(CC)CCC2=O)cc1. The van der Waals surface area contributed by atoms with Gasteiger partial charge in [0.2, 0.25) is 5.91 Å². The van der Waals surface area contributed by atoms with Crippen LogP contribution in [0.25, 0.3) is 0 Å². The fourth-order valence-electron chi connectivity index (χ4n) is 2.98. The van der Waals surface area contributed by atoms with Crippen molar-refractivity contribution in [1.29, 1.82) is 0 Å². The standard InChI is InChI=1S/C18H27NO2/c1-3-14-5-8-16(9-6-14)17(20)13-19-12-11-15(4-2)7-10-18(19)21/h5-6,8-9,15,17,20H,3-4,7,10-13H2,1-2H3. The maximum absolute atomic E-state index is 12.2. The van der Waals surface area contributed by atoms with E-state index in [1.54, 1.807) is 0 Å². The Hall–Kier alpha value is -1.35. The molecule has 2 rings (SSSR count). The van der Waals surface area contributed by atoms with Crippen molar-refractivity contribution in [3.05, 3.63) is 35.4 Å². The molecular formula is C18H27NO2. The van der Waals surface area contributed by atoms with E-state index in [1.165, 1.54) is 5.56 Å². The first-order valence-corrected chi connectivity index (χ1v) is 8.18. The number of nitrogens with zero attached hydrogens (tertiary/aromatic N) is 1. The quantitative estimate of drug-likeness (QED) is 0.903. The molecule has 2 unspecified atom stereocenters. The summed E-state index contributed by atoms with van der Waals surface area (Å²) in [5, 5.41) is 10.4. The third kappa shape index (κ3) is 4.31. The molecule has 0 bridgehead atoms. The van der Waals surface area contributed by atoms with Gasteiger partial charge in [0.1, 0.15) is 0 Å².